The molecule has 0 unspecified atom stereocenters. The van der Waals surface area contributed by atoms with Crippen LogP contribution in [0.3, 0.4) is 0 Å². The minimum absolute atomic E-state index is 0.000391. The number of hydrogen-bond acceptors (Lipinski definition) is 5. The molecule has 2 aliphatic heterocycles. The molecule has 6 nitrogen and oxygen atoms in total. The van der Waals surface area contributed by atoms with Gasteiger partial charge in [0.05, 0.1) is 32.1 Å². The molecular weight excluding hydrogens is 325 g/mol. The zero-order valence-electron chi connectivity index (χ0n) is 13.9. The molecule has 1 amide bonds. The summed E-state index contributed by atoms with van der Waals surface area (Å²) in [6.45, 7) is 4.29. The van der Waals surface area contributed by atoms with Crippen molar-refractivity contribution in [1.29, 1.82) is 5.26 Å². The number of carbonyl (C=O) groups excluding carboxylic acids is 1. The molecule has 7 heteroatoms. The third kappa shape index (κ3) is 4.16. The fraction of sp³-hybridized carbons (Fsp3) is 0.444. The highest BCUT2D eigenvalue weighted by molar-refractivity contribution is 6.01. The zero-order valence-corrected chi connectivity index (χ0v) is 13.9. The van der Waals surface area contributed by atoms with Crippen molar-refractivity contribution in [1.82, 2.24) is 4.90 Å². The first-order valence-electron chi connectivity index (χ1n) is 8.30. The number of benzene rings is 1. The second-order valence-corrected chi connectivity index (χ2v) is 5.88. The molecule has 0 N–H and O–H groups in total. The Labute approximate surface area is 146 Å². The lowest BCUT2D eigenvalue weighted by Gasteiger charge is -2.29. The van der Waals surface area contributed by atoms with Gasteiger partial charge in [-0.05, 0) is 23.8 Å². The molecule has 0 aliphatic carbocycles. The minimum Gasteiger partial charge on any atom is -0.378 e. The zero-order chi connectivity index (χ0) is 17.6. The van der Waals surface area contributed by atoms with Gasteiger partial charge >= 0.3 is 0 Å². The molecule has 132 valence electrons. The van der Waals surface area contributed by atoms with E-state index in [9.17, 15) is 14.4 Å². The van der Waals surface area contributed by atoms with E-state index in [0.717, 1.165) is 0 Å². The molecule has 0 atom stereocenters. The first-order valence-corrected chi connectivity index (χ1v) is 8.30. The second kappa shape index (κ2) is 8.10. The van der Waals surface area contributed by atoms with Gasteiger partial charge in [-0.15, -0.1) is 0 Å². The Balaban J connectivity index is 1.77. The molecule has 0 saturated carbocycles. The Morgan fingerprint density at radius 1 is 1.12 bits per heavy atom. The number of amides is 1. The Morgan fingerprint density at radius 3 is 2.36 bits per heavy atom. The number of anilines is 1. The van der Waals surface area contributed by atoms with Crippen LogP contribution in [0.25, 0.3) is 6.08 Å². The van der Waals surface area contributed by atoms with Crippen LogP contribution in [0.1, 0.15) is 5.56 Å². The SMILES string of the molecule is N#C/C(=C/c1ccc(N2CCOCC2)c(F)c1)C(=O)N1CCOCC1. The quantitative estimate of drug-likeness (QED) is 0.612. The van der Waals surface area contributed by atoms with Crippen molar-refractivity contribution in [3.8, 4) is 6.07 Å². The summed E-state index contributed by atoms with van der Waals surface area (Å²) >= 11 is 0. The van der Waals surface area contributed by atoms with E-state index in [2.05, 4.69) is 0 Å². The van der Waals surface area contributed by atoms with Gasteiger partial charge in [0.2, 0.25) is 0 Å². The van der Waals surface area contributed by atoms with E-state index in [0.29, 0.717) is 63.9 Å². The van der Waals surface area contributed by atoms with E-state index in [1.807, 2.05) is 11.0 Å². The largest absolute Gasteiger partial charge is 0.378 e. The van der Waals surface area contributed by atoms with Crippen LogP contribution in [0.5, 0.6) is 0 Å². The molecule has 2 fully saturated rings. The standard InChI is InChI=1S/C18H20FN3O3/c19-16-12-14(1-2-17(16)21-3-7-24-8-4-21)11-15(13-20)18(23)22-5-9-25-10-6-22/h1-2,11-12H,3-10H2/b15-11-. The molecule has 2 aliphatic rings. The van der Waals surface area contributed by atoms with Crippen LogP contribution in [-0.4, -0.2) is 63.4 Å². The Kier molecular flexibility index (Phi) is 5.64. The van der Waals surface area contributed by atoms with E-state index in [1.165, 1.54) is 12.1 Å². The molecular formula is C18H20FN3O3. The lowest BCUT2D eigenvalue weighted by Crippen LogP contribution is -2.41. The molecule has 3 rings (SSSR count). The van der Waals surface area contributed by atoms with E-state index in [1.54, 1.807) is 17.0 Å². The van der Waals surface area contributed by atoms with Gasteiger partial charge in [0.1, 0.15) is 17.5 Å². The maximum absolute atomic E-state index is 14.4. The van der Waals surface area contributed by atoms with E-state index >= 15 is 0 Å². The van der Waals surface area contributed by atoms with Crippen LogP contribution >= 0.6 is 0 Å². The number of carbonyl (C=O) groups is 1. The normalized spacial score (nSPS) is 18.8. The van der Waals surface area contributed by atoms with Crippen LogP contribution in [0.15, 0.2) is 23.8 Å². The predicted molar refractivity (Wildman–Crippen MR) is 90.4 cm³/mol. The van der Waals surface area contributed by atoms with Crippen molar-refractivity contribution in [2.24, 2.45) is 0 Å². The molecule has 0 radical (unpaired) electrons. The van der Waals surface area contributed by atoms with Crippen molar-refractivity contribution in [3.05, 3.63) is 35.2 Å². The van der Waals surface area contributed by atoms with E-state index in [4.69, 9.17) is 9.47 Å². The second-order valence-electron chi connectivity index (χ2n) is 5.88. The lowest BCUT2D eigenvalue weighted by atomic mass is 10.1. The topological polar surface area (TPSA) is 65.8 Å². The van der Waals surface area contributed by atoms with Gasteiger partial charge in [-0.1, -0.05) is 6.07 Å². The number of nitriles is 1. The first kappa shape index (κ1) is 17.4. The summed E-state index contributed by atoms with van der Waals surface area (Å²) in [6, 6.07) is 6.68. The van der Waals surface area contributed by atoms with Gasteiger partial charge in [0.15, 0.2) is 0 Å². The van der Waals surface area contributed by atoms with Crippen molar-refractivity contribution in [2.75, 3.05) is 57.5 Å². The highest BCUT2D eigenvalue weighted by Crippen LogP contribution is 2.23. The van der Waals surface area contributed by atoms with Gasteiger partial charge in [0.25, 0.3) is 5.91 Å². The third-order valence-electron chi connectivity index (χ3n) is 4.28. The molecule has 25 heavy (non-hydrogen) atoms. The molecule has 2 saturated heterocycles. The van der Waals surface area contributed by atoms with Crippen molar-refractivity contribution >= 4 is 17.7 Å². The number of rotatable bonds is 3. The number of ether oxygens (including phenoxy) is 2. The van der Waals surface area contributed by atoms with Crippen molar-refractivity contribution < 1.29 is 18.7 Å². The smallest absolute Gasteiger partial charge is 0.264 e. The molecule has 1 aromatic carbocycles. The number of morpholine rings is 2. The van der Waals surface area contributed by atoms with Crippen molar-refractivity contribution in [2.45, 2.75) is 0 Å². The minimum atomic E-state index is -0.369. The molecule has 2 heterocycles. The molecule has 1 aromatic rings. The predicted octanol–water partition coefficient (Wildman–Crippen LogP) is 1.43. The number of halogens is 1. The van der Waals surface area contributed by atoms with Crippen molar-refractivity contribution in [3.63, 3.8) is 0 Å². The van der Waals surface area contributed by atoms with Gasteiger partial charge in [-0.3, -0.25) is 4.79 Å². The van der Waals surface area contributed by atoms with Crippen LogP contribution in [0.4, 0.5) is 10.1 Å². The van der Waals surface area contributed by atoms with Crippen LogP contribution < -0.4 is 4.90 Å². The van der Waals surface area contributed by atoms with Gasteiger partial charge in [-0.25, -0.2) is 4.39 Å². The third-order valence-corrected chi connectivity index (χ3v) is 4.28. The highest BCUT2D eigenvalue weighted by Gasteiger charge is 2.21. The average Bonchev–Trinajstić information content (AvgIpc) is 2.67. The summed E-state index contributed by atoms with van der Waals surface area (Å²) in [5.41, 5.74) is 1.01. The fourth-order valence-corrected chi connectivity index (χ4v) is 2.92. The first-order chi connectivity index (χ1) is 12.2. The average molecular weight is 345 g/mol. The molecule has 0 aromatic heterocycles. The number of nitrogens with zero attached hydrogens (tertiary/aromatic N) is 3. The Hall–Kier alpha value is -2.43. The van der Waals surface area contributed by atoms with E-state index < -0.39 is 0 Å². The maximum atomic E-state index is 14.4. The van der Waals surface area contributed by atoms with Gasteiger partial charge < -0.3 is 19.3 Å². The highest BCUT2D eigenvalue weighted by atomic mass is 19.1. The lowest BCUT2D eigenvalue weighted by molar-refractivity contribution is -0.130. The molecule has 0 spiro atoms. The summed E-state index contributed by atoms with van der Waals surface area (Å²) in [4.78, 5) is 15.9. The van der Waals surface area contributed by atoms with Crippen LogP contribution in [0.2, 0.25) is 0 Å². The summed E-state index contributed by atoms with van der Waals surface area (Å²) in [5.74, 6) is -0.713. The van der Waals surface area contributed by atoms with Crippen LogP contribution in [0, 0.1) is 17.1 Å². The summed E-state index contributed by atoms with van der Waals surface area (Å²) < 4.78 is 24.9. The van der Waals surface area contributed by atoms with E-state index in [-0.39, 0.29) is 17.3 Å². The maximum Gasteiger partial charge on any atom is 0.264 e. The monoisotopic (exact) mass is 345 g/mol. The Morgan fingerprint density at radius 2 is 1.76 bits per heavy atom. The van der Waals surface area contributed by atoms with Gasteiger partial charge in [-0.2, -0.15) is 5.26 Å². The summed E-state index contributed by atoms with van der Waals surface area (Å²) in [7, 11) is 0. The van der Waals surface area contributed by atoms with Gasteiger partial charge in [0, 0.05) is 26.2 Å². The fourth-order valence-electron chi connectivity index (χ4n) is 2.92. The molecule has 0 bridgehead atoms. The van der Waals surface area contributed by atoms with Crippen LogP contribution in [-0.2, 0) is 14.3 Å². The summed E-state index contributed by atoms with van der Waals surface area (Å²) in [5, 5.41) is 9.30. The number of hydrogen-bond donors (Lipinski definition) is 0. The summed E-state index contributed by atoms with van der Waals surface area (Å²) in [6.07, 6.45) is 1.43. The Bertz CT molecular complexity index is 702.